The molecule has 88 valence electrons. The van der Waals surface area contributed by atoms with Crippen LogP contribution in [-0.4, -0.2) is 18.0 Å². The Morgan fingerprint density at radius 2 is 2.12 bits per heavy atom. The molecule has 2 N–H and O–H groups in total. The number of rotatable bonds is 2. The van der Waals surface area contributed by atoms with Crippen molar-refractivity contribution >= 4 is 40.0 Å². The highest BCUT2D eigenvalue weighted by Gasteiger charge is 2.14. The molecule has 2 rings (SSSR count). The number of amides is 1. The quantitative estimate of drug-likeness (QED) is 0.913. The number of nitrogens with two attached hydrogens (primary N) is 1. The third-order valence-corrected chi connectivity index (χ3v) is 3.14. The van der Waals surface area contributed by atoms with E-state index in [-0.39, 0.29) is 5.56 Å². The van der Waals surface area contributed by atoms with Crippen LogP contribution in [0.3, 0.4) is 0 Å². The molecular formula is C11H8Cl2N2O2. The lowest BCUT2D eigenvalue weighted by molar-refractivity contribution is 0.0997. The molecule has 0 spiro atoms. The van der Waals surface area contributed by atoms with Crippen LogP contribution in [0.2, 0.25) is 10.0 Å². The number of primary amides is 1. The van der Waals surface area contributed by atoms with Crippen LogP contribution in [0.1, 0.15) is 10.4 Å². The molecule has 0 saturated heterocycles. The SMILES string of the molecule is COc1cc2ncc(Cl)c(Cl)c2cc1C(N)=O. The Balaban J connectivity index is 2.84. The van der Waals surface area contributed by atoms with Crippen LogP contribution in [0.5, 0.6) is 5.75 Å². The Hall–Kier alpha value is -1.52. The van der Waals surface area contributed by atoms with E-state index in [9.17, 15) is 4.79 Å². The number of pyridine rings is 1. The van der Waals surface area contributed by atoms with Gasteiger partial charge in [0.05, 0.1) is 28.2 Å². The number of hydrogen-bond donors (Lipinski definition) is 1. The van der Waals surface area contributed by atoms with E-state index < -0.39 is 5.91 Å². The zero-order valence-corrected chi connectivity index (χ0v) is 10.3. The lowest BCUT2D eigenvalue weighted by Crippen LogP contribution is -2.12. The molecule has 1 aromatic carbocycles. The summed E-state index contributed by atoms with van der Waals surface area (Å²) in [5, 5.41) is 1.22. The Bertz CT molecular complexity index is 614. The van der Waals surface area contributed by atoms with Crippen molar-refractivity contribution in [3.8, 4) is 5.75 Å². The van der Waals surface area contributed by atoms with E-state index >= 15 is 0 Å². The summed E-state index contributed by atoms with van der Waals surface area (Å²) in [6.45, 7) is 0. The van der Waals surface area contributed by atoms with Gasteiger partial charge in [-0.15, -0.1) is 0 Å². The summed E-state index contributed by atoms with van der Waals surface area (Å²) in [6, 6.07) is 3.12. The predicted molar refractivity (Wildman–Crippen MR) is 66.8 cm³/mol. The maximum absolute atomic E-state index is 11.3. The van der Waals surface area contributed by atoms with Gasteiger partial charge in [0.15, 0.2) is 0 Å². The maximum Gasteiger partial charge on any atom is 0.252 e. The van der Waals surface area contributed by atoms with Crippen molar-refractivity contribution in [2.45, 2.75) is 0 Å². The van der Waals surface area contributed by atoms with Crippen LogP contribution in [0.15, 0.2) is 18.3 Å². The van der Waals surface area contributed by atoms with Crippen molar-refractivity contribution in [3.05, 3.63) is 33.9 Å². The second-order valence-electron chi connectivity index (χ2n) is 3.35. The average Bonchev–Trinajstić information content (AvgIpc) is 2.32. The number of methoxy groups -OCH3 is 1. The van der Waals surface area contributed by atoms with Gasteiger partial charge in [0.2, 0.25) is 0 Å². The van der Waals surface area contributed by atoms with Crippen LogP contribution in [-0.2, 0) is 0 Å². The number of hydrogen-bond acceptors (Lipinski definition) is 3. The molecule has 1 aromatic heterocycles. The van der Waals surface area contributed by atoms with E-state index in [1.807, 2.05) is 0 Å². The highest BCUT2D eigenvalue weighted by atomic mass is 35.5. The zero-order valence-electron chi connectivity index (χ0n) is 8.83. The van der Waals surface area contributed by atoms with Gasteiger partial charge in [0, 0.05) is 17.6 Å². The number of halogens is 2. The van der Waals surface area contributed by atoms with E-state index in [1.165, 1.54) is 19.4 Å². The second-order valence-corrected chi connectivity index (χ2v) is 4.14. The van der Waals surface area contributed by atoms with Crippen molar-refractivity contribution in [3.63, 3.8) is 0 Å². The molecule has 1 heterocycles. The summed E-state index contributed by atoms with van der Waals surface area (Å²) in [7, 11) is 1.45. The first kappa shape index (κ1) is 12.0. The summed E-state index contributed by atoms with van der Waals surface area (Å²) in [6.07, 6.45) is 1.44. The van der Waals surface area contributed by atoms with Crippen molar-refractivity contribution in [1.29, 1.82) is 0 Å². The fraction of sp³-hybridized carbons (Fsp3) is 0.0909. The van der Waals surface area contributed by atoms with E-state index in [4.69, 9.17) is 33.7 Å². The molecular weight excluding hydrogens is 263 g/mol. The fourth-order valence-corrected chi connectivity index (χ4v) is 1.88. The first-order chi connectivity index (χ1) is 8.04. The fourth-order valence-electron chi connectivity index (χ4n) is 1.52. The van der Waals surface area contributed by atoms with Gasteiger partial charge in [0.1, 0.15) is 5.75 Å². The molecule has 0 saturated carbocycles. The van der Waals surface area contributed by atoms with Crippen LogP contribution in [0, 0.1) is 0 Å². The number of nitrogens with zero attached hydrogens (tertiary/aromatic N) is 1. The molecule has 0 aliphatic heterocycles. The number of benzene rings is 1. The van der Waals surface area contributed by atoms with Gasteiger partial charge in [-0.2, -0.15) is 0 Å². The molecule has 1 amide bonds. The van der Waals surface area contributed by atoms with E-state index in [1.54, 1.807) is 6.07 Å². The number of fused-ring (bicyclic) bond motifs is 1. The smallest absolute Gasteiger partial charge is 0.252 e. The minimum absolute atomic E-state index is 0.242. The Morgan fingerprint density at radius 1 is 1.41 bits per heavy atom. The van der Waals surface area contributed by atoms with Crippen LogP contribution < -0.4 is 10.5 Å². The summed E-state index contributed by atoms with van der Waals surface area (Å²) in [4.78, 5) is 15.4. The topological polar surface area (TPSA) is 65.2 Å². The van der Waals surface area contributed by atoms with Gasteiger partial charge in [-0.05, 0) is 6.07 Å². The molecule has 0 aliphatic carbocycles. The van der Waals surface area contributed by atoms with Gasteiger partial charge in [-0.25, -0.2) is 0 Å². The van der Waals surface area contributed by atoms with Gasteiger partial charge in [-0.1, -0.05) is 23.2 Å². The molecule has 0 atom stereocenters. The Labute approximate surface area is 107 Å². The highest BCUT2D eigenvalue weighted by Crippen LogP contribution is 2.33. The number of aromatic nitrogens is 1. The minimum atomic E-state index is -0.597. The van der Waals surface area contributed by atoms with Crippen molar-refractivity contribution in [2.24, 2.45) is 5.73 Å². The van der Waals surface area contributed by atoms with Gasteiger partial charge in [-0.3, -0.25) is 9.78 Å². The molecule has 6 heteroatoms. The Morgan fingerprint density at radius 3 is 2.71 bits per heavy atom. The van der Waals surface area contributed by atoms with Crippen LogP contribution in [0.25, 0.3) is 10.9 Å². The maximum atomic E-state index is 11.3. The number of carbonyl (C=O) groups excluding carboxylic acids is 1. The van der Waals surface area contributed by atoms with Gasteiger partial charge < -0.3 is 10.5 Å². The van der Waals surface area contributed by atoms with Crippen LogP contribution in [0.4, 0.5) is 0 Å². The predicted octanol–water partition coefficient (Wildman–Crippen LogP) is 2.65. The van der Waals surface area contributed by atoms with Crippen molar-refractivity contribution in [2.75, 3.05) is 7.11 Å². The molecule has 0 bridgehead atoms. The van der Waals surface area contributed by atoms with E-state index in [0.29, 0.717) is 26.7 Å². The molecule has 0 radical (unpaired) electrons. The lowest BCUT2D eigenvalue weighted by Gasteiger charge is -2.08. The monoisotopic (exact) mass is 270 g/mol. The lowest BCUT2D eigenvalue weighted by atomic mass is 10.1. The molecule has 0 unspecified atom stereocenters. The Kier molecular flexibility index (Phi) is 3.09. The molecule has 0 aliphatic rings. The van der Waals surface area contributed by atoms with Gasteiger partial charge >= 0.3 is 0 Å². The van der Waals surface area contributed by atoms with E-state index in [0.717, 1.165) is 0 Å². The zero-order chi connectivity index (χ0) is 12.6. The van der Waals surface area contributed by atoms with Crippen molar-refractivity contribution < 1.29 is 9.53 Å². The number of ether oxygens (including phenoxy) is 1. The normalized spacial score (nSPS) is 10.5. The average molecular weight is 271 g/mol. The van der Waals surface area contributed by atoms with Gasteiger partial charge in [0.25, 0.3) is 5.91 Å². The van der Waals surface area contributed by atoms with Crippen molar-refractivity contribution in [1.82, 2.24) is 4.98 Å². The third-order valence-electron chi connectivity index (χ3n) is 2.35. The molecule has 0 fully saturated rings. The molecule has 17 heavy (non-hydrogen) atoms. The summed E-state index contributed by atoms with van der Waals surface area (Å²) in [5.41, 5.74) is 6.08. The standard InChI is InChI=1S/C11H8Cl2N2O2/c1-17-9-3-8-5(2-6(9)11(14)16)10(13)7(12)4-15-8/h2-4H,1H3,(H2,14,16). The summed E-state index contributed by atoms with van der Waals surface area (Å²) < 4.78 is 5.07. The first-order valence-electron chi connectivity index (χ1n) is 4.66. The third kappa shape index (κ3) is 2.01. The highest BCUT2D eigenvalue weighted by molar-refractivity contribution is 6.45. The summed E-state index contributed by atoms with van der Waals surface area (Å²) in [5.74, 6) is -0.240. The molecule has 4 nitrogen and oxygen atoms in total. The first-order valence-corrected chi connectivity index (χ1v) is 5.41. The van der Waals surface area contributed by atoms with E-state index in [2.05, 4.69) is 4.98 Å². The largest absolute Gasteiger partial charge is 0.496 e. The second kappa shape index (κ2) is 4.39. The minimum Gasteiger partial charge on any atom is -0.496 e. The summed E-state index contributed by atoms with van der Waals surface area (Å²) >= 11 is 11.9. The van der Waals surface area contributed by atoms with Crippen LogP contribution >= 0.6 is 23.2 Å². The molecule has 2 aromatic rings. The number of carbonyl (C=O) groups is 1.